The molecule has 35 heavy (non-hydrogen) atoms. The zero-order valence-corrected chi connectivity index (χ0v) is 19.3. The molecule has 0 spiro atoms. The largest absolute Gasteiger partial charge is 0.497 e. The number of carboxylic acids is 1. The molecule has 190 valence electrons. The summed E-state index contributed by atoms with van der Waals surface area (Å²) in [5.74, 6) is -1.64. The number of alkyl halides is 3. The van der Waals surface area contributed by atoms with Crippen LogP contribution in [0.2, 0.25) is 0 Å². The number of halogens is 4. The lowest BCUT2D eigenvalue weighted by atomic mass is 10.0. The molecular weight excluding hydrogens is 468 g/mol. The molecule has 2 aliphatic heterocycles. The second-order valence-corrected chi connectivity index (χ2v) is 9.10. The molecule has 2 saturated heterocycles. The van der Waals surface area contributed by atoms with Crippen LogP contribution in [0.1, 0.15) is 19.3 Å². The van der Waals surface area contributed by atoms with Crippen molar-refractivity contribution in [2.75, 3.05) is 43.2 Å². The maximum absolute atomic E-state index is 14.3. The smallest absolute Gasteiger partial charge is 0.393 e. The average Bonchev–Trinajstić information content (AvgIpc) is 3.45. The monoisotopic (exact) mass is 496 g/mol. The Morgan fingerprint density at radius 1 is 1.11 bits per heavy atom. The van der Waals surface area contributed by atoms with Gasteiger partial charge in [-0.3, -0.25) is 4.79 Å². The van der Waals surface area contributed by atoms with E-state index in [0.29, 0.717) is 42.6 Å². The highest BCUT2D eigenvalue weighted by Gasteiger charge is 2.47. The van der Waals surface area contributed by atoms with Gasteiger partial charge < -0.3 is 24.4 Å². The molecular formula is C25H28F4N2O4. The summed E-state index contributed by atoms with van der Waals surface area (Å²) >= 11 is 0. The van der Waals surface area contributed by atoms with E-state index in [0.717, 1.165) is 6.42 Å². The number of ether oxygens (including phenoxy) is 2. The van der Waals surface area contributed by atoms with Crippen LogP contribution in [0, 0.1) is 17.7 Å². The molecule has 0 radical (unpaired) electrons. The van der Waals surface area contributed by atoms with Gasteiger partial charge in [-0.15, -0.1) is 0 Å². The van der Waals surface area contributed by atoms with Gasteiger partial charge in [0.25, 0.3) is 0 Å². The fraction of sp³-hybridized carbons (Fsp3) is 0.480. The molecule has 0 saturated carbocycles. The van der Waals surface area contributed by atoms with Gasteiger partial charge in [0.2, 0.25) is 0 Å². The summed E-state index contributed by atoms with van der Waals surface area (Å²) in [6.45, 7) is 1.48. The average molecular weight is 497 g/mol. The fourth-order valence-electron chi connectivity index (χ4n) is 4.86. The first-order valence-corrected chi connectivity index (χ1v) is 11.5. The first kappa shape index (κ1) is 24.9. The minimum Gasteiger partial charge on any atom is -0.497 e. The fourth-order valence-corrected chi connectivity index (χ4v) is 4.86. The summed E-state index contributed by atoms with van der Waals surface area (Å²) in [6.07, 6.45) is -4.12. The summed E-state index contributed by atoms with van der Waals surface area (Å²) in [7, 11) is 1.54. The standard InChI is InChI=1S/C25H28F4N2O4/c1-34-21-6-7-22(26)23(12-21)30-9-8-16(13-30)15-35-20-4-2-18(3-5-20)31-14-17(25(27,28)29)10-19(31)11-24(32)33/h2-7,12,16-17,19H,8-11,13-15H2,1H3,(H,32,33). The Hall–Kier alpha value is -3.17. The quantitative estimate of drug-likeness (QED) is 0.521. The van der Waals surface area contributed by atoms with Crippen LogP contribution in [0.4, 0.5) is 28.9 Å². The Kier molecular flexibility index (Phi) is 7.28. The summed E-state index contributed by atoms with van der Waals surface area (Å²) < 4.78 is 65.1. The van der Waals surface area contributed by atoms with E-state index < -0.39 is 24.1 Å². The Morgan fingerprint density at radius 2 is 1.83 bits per heavy atom. The van der Waals surface area contributed by atoms with Crippen molar-refractivity contribution in [3.63, 3.8) is 0 Å². The number of benzene rings is 2. The van der Waals surface area contributed by atoms with Crippen molar-refractivity contribution >= 4 is 17.3 Å². The normalized spacial score (nSPS) is 22.5. The van der Waals surface area contributed by atoms with Crippen molar-refractivity contribution in [1.29, 1.82) is 0 Å². The summed E-state index contributed by atoms with van der Waals surface area (Å²) in [5, 5.41) is 9.12. The summed E-state index contributed by atoms with van der Waals surface area (Å²) in [5.41, 5.74) is 1.03. The predicted molar refractivity (Wildman–Crippen MR) is 123 cm³/mol. The van der Waals surface area contributed by atoms with Crippen molar-refractivity contribution in [3.05, 3.63) is 48.3 Å². The van der Waals surface area contributed by atoms with Gasteiger partial charge in [-0.25, -0.2) is 4.39 Å². The van der Waals surface area contributed by atoms with Crippen LogP contribution in [0.3, 0.4) is 0 Å². The van der Waals surface area contributed by atoms with Gasteiger partial charge in [-0.1, -0.05) is 0 Å². The molecule has 2 aliphatic rings. The molecule has 0 bridgehead atoms. The molecule has 2 aromatic carbocycles. The third-order valence-electron chi connectivity index (χ3n) is 6.72. The maximum Gasteiger partial charge on any atom is 0.393 e. The Balaban J connectivity index is 1.34. The molecule has 1 N–H and O–H groups in total. The van der Waals surface area contributed by atoms with E-state index in [2.05, 4.69) is 0 Å². The van der Waals surface area contributed by atoms with Gasteiger partial charge >= 0.3 is 12.1 Å². The van der Waals surface area contributed by atoms with Crippen LogP contribution in [-0.2, 0) is 4.79 Å². The lowest BCUT2D eigenvalue weighted by Crippen LogP contribution is -2.32. The molecule has 3 unspecified atom stereocenters. The lowest BCUT2D eigenvalue weighted by molar-refractivity contribution is -0.169. The Morgan fingerprint density at radius 3 is 2.49 bits per heavy atom. The molecule has 2 aromatic rings. The molecule has 6 nitrogen and oxygen atoms in total. The van der Waals surface area contributed by atoms with Crippen molar-refractivity contribution < 1.29 is 36.9 Å². The van der Waals surface area contributed by atoms with E-state index in [1.54, 1.807) is 36.4 Å². The molecule has 0 aliphatic carbocycles. The third kappa shape index (κ3) is 5.91. The number of anilines is 2. The van der Waals surface area contributed by atoms with Crippen LogP contribution in [0.5, 0.6) is 11.5 Å². The number of rotatable bonds is 8. The van der Waals surface area contributed by atoms with Gasteiger partial charge in [0.15, 0.2) is 0 Å². The molecule has 10 heteroatoms. The maximum atomic E-state index is 14.3. The molecule has 4 rings (SSSR count). The first-order valence-electron chi connectivity index (χ1n) is 11.5. The number of methoxy groups -OCH3 is 1. The summed E-state index contributed by atoms with van der Waals surface area (Å²) in [6, 6.07) is 10.6. The predicted octanol–water partition coefficient (Wildman–Crippen LogP) is 4.97. The van der Waals surface area contributed by atoms with Crippen molar-refractivity contribution in [3.8, 4) is 11.5 Å². The Labute approximate surface area is 201 Å². The van der Waals surface area contributed by atoms with Gasteiger partial charge in [0.05, 0.1) is 31.7 Å². The second-order valence-electron chi connectivity index (χ2n) is 9.10. The molecule has 3 atom stereocenters. The number of carboxylic acid groups (broad SMARTS) is 1. The van der Waals surface area contributed by atoms with Gasteiger partial charge in [0.1, 0.15) is 17.3 Å². The second kappa shape index (κ2) is 10.2. The first-order chi connectivity index (χ1) is 16.6. The number of nitrogens with zero attached hydrogens (tertiary/aromatic N) is 2. The van der Waals surface area contributed by atoms with Crippen LogP contribution in [0.15, 0.2) is 42.5 Å². The van der Waals surface area contributed by atoms with E-state index in [1.165, 1.54) is 18.1 Å². The van der Waals surface area contributed by atoms with Crippen LogP contribution in [-0.4, -0.2) is 56.6 Å². The van der Waals surface area contributed by atoms with Crippen molar-refractivity contribution in [2.45, 2.75) is 31.5 Å². The number of carbonyl (C=O) groups is 1. The zero-order chi connectivity index (χ0) is 25.2. The van der Waals surface area contributed by atoms with Crippen LogP contribution in [0.25, 0.3) is 0 Å². The minimum absolute atomic E-state index is 0.186. The van der Waals surface area contributed by atoms with Crippen molar-refractivity contribution in [2.24, 2.45) is 11.8 Å². The van der Waals surface area contributed by atoms with Crippen molar-refractivity contribution in [1.82, 2.24) is 0 Å². The highest BCUT2D eigenvalue weighted by Crippen LogP contribution is 2.40. The molecule has 0 amide bonds. The van der Waals surface area contributed by atoms with Gasteiger partial charge in [-0.2, -0.15) is 13.2 Å². The highest BCUT2D eigenvalue weighted by atomic mass is 19.4. The van der Waals surface area contributed by atoms with Gasteiger partial charge in [-0.05, 0) is 49.2 Å². The van der Waals surface area contributed by atoms with E-state index in [4.69, 9.17) is 14.6 Å². The molecule has 2 fully saturated rings. The number of aliphatic carboxylic acids is 1. The van der Waals surface area contributed by atoms with E-state index in [9.17, 15) is 22.4 Å². The SMILES string of the molecule is COc1ccc(F)c(N2CCC(COc3ccc(N4CC(C(F)(F)F)CC4CC(=O)O)cc3)C2)c1. The molecule has 2 heterocycles. The van der Waals surface area contributed by atoms with E-state index in [1.807, 2.05) is 4.90 Å². The summed E-state index contributed by atoms with van der Waals surface area (Å²) in [4.78, 5) is 14.6. The number of hydrogen-bond donors (Lipinski definition) is 1. The van der Waals surface area contributed by atoms with E-state index in [-0.39, 0.29) is 31.1 Å². The van der Waals surface area contributed by atoms with Crippen LogP contribution < -0.4 is 19.3 Å². The molecule has 0 aromatic heterocycles. The van der Waals surface area contributed by atoms with E-state index >= 15 is 0 Å². The number of hydrogen-bond acceptors (Lipinski definition) is 5. The van der Waals surface area contributed by atoms with Gasteiger partial charge in [0, 0.05) is 43.3 Å². The topological polar surface area (TPSA) is 62.2 Å². The minimum atomic E-state index is -4.36. The Bertz CT molecular complexity index is 1030. The lowest BCUT2D eigenvalue weighted by Gasteiger charge is -2.26. The van der Waals surface area contributed by atoms with Crippen LogP contribution >= 0.6 is 0 Å². The zero-order valence-electron chi connectivity index (χ0n) is 19.3. The highest BCUT2D eigenvalue weighted by molar-refractivity contribution is 5.69. The third-order valence-corrected chi connectivity index (χ3v) is 6.72.